The molecule has 16 heavy (non-hydrogen) atoms. The van der Waals surface area contributed by atoms with Crippen LogP contribution in [0.3, 0.4) is 0 Å². The first kappa shape index (κ1) is 11.5. The Morgan fingerprint density at radius 3 is 2.62 bits per heavy atom. The maximum absolute atomic E-state index is 13.1. The number of hydrogen-bond donors (Lipinski definition) is 0. The van der Waals surface area contributed by atoms with E-state index in [2.05, 4.69) is 4.98 Å². The zero-order chi connectivity index (χ0) is 11.7. The van der Waals surface area contributed by atoms with Crippen molar-refractivity contribution in [3.8, 4) is 0 Å². The van der Waals surface area contributed by atoms with Crippen molar-refractivity contribution in [3.63, 3.8) is 0 Å². The second-order valence-electron chi connectivity index (χ2n) is 3.42. The Hall–Kier alpha value is -1.00. The molecule has 0 unspecified atom stereocenters. The van der Waals surface area contributed by atoms with Crippen LogP contribution < -0.4 is 0 Å². The zero-order valence-electron chi connectivity index (χ0n) is 8.43. The van der Waals surface area contributed by atoms with Crippen LogP contribution in [-0.2, 0) is 6.42 Å². The number of thiazole rings is 1. The summed E-state index contributed by atoms with van der Waals surface area (Å²) < 4.78 is 26.1. The summed E-state index contributed by atoms with van der Waals surface area (Å²) in [6.07, 6.45) is 0.396. The number of halogens is 3. The molecule has 0 spiro atoms. The van der Waals surface area contributed by atoms with E-state index in [9.17, 15) is 8.78 Å². The molecule has 0 aliphatic carbocycles. The minimum atomic E-state index is -0.392. The van der Waals surface area contributed by atoms with Gasteiger partial charge in [0.1, 0.15) is 10.8 Å². The Balaban J connectivity index is 2.26. The third-order valence-corrected chi connectivity index (χ3v) is 3.23. The summed E-state index contributed by atoms with van der Waals surface area (Å²) in [5.41, 5.74) is 1.07. The molecule has 1 aromatic carbocycles. The van der Waals surface area contributed by atoms with Crippen LogP contribution in [0.15, 0.2) is 18.2 Å². The largest absolute Gasteiger partial charge is 0.243 e. The van der Waals surface area contributed by atoms with E-state index in [4.69, 9.17) is 11.6 Å². The second-order valence-corrected chi connectivity index (χ2v) is 4.89. The molecule has 0 N–H and O–H groups in total. The Kier molecular flexibility index (Phi) is 3.21. The lowest BCUT2D eigenvalue weighted by Gasteiger charge is -1.99. The van der Waals surface area contributed by atoms with E-state index in [1.54, 1.807) is 13.0 Å². The number of nitrogens with zero attached hydrogens (tertiary/aromatic N) is 1. The molecule has 0 saturated carbocycles. The number of hydrogen-bond acceptors (Lipinski definition) is 2. The molecule has 0 amide bonds. The maximum atomic E-state index is 13.1. The van der Waals surface area contributed by atoms with Gasteiger partial charge in [0, 0.05) is 11.4 Å². The molecule has 0 radical (unpaired) electrons. The van der Waals surface area contributed by atoms with Crippen molar-refractivity contribution < 1.29 is 8.78 Å². The van der Waals surface area contributed by atoms with Gasteiger partial charge >= 0.3 is 0 Å². The molecular formula is C11H8ClF2NS. The first-order valence-corrected chi connectivity index (χ1v) is 5.81. The lowest BCUT2D eigenvalue weighted by Crippen LogP contribution is -1.89. The van der Waals surface area contributed by atoms with Crippen LogP contribution in [0.25, 0.3) is 0 Å². The van der Waals surface area contributed by atoms with Crippen LogP contribution in [0.1, 0.15) is 16.3 Å². The number of aromatic nitrogens is 1. The fourth-order valence-corrected chi connectivity index (χ4v) is 2.46. The molecule has 1 nitrogen and oxygen atoms in total. The van der Waals surface area contributed by atoms with Gasteiger partial charge in [-0.15, -0.1) is 0 Å². The molecule has 5 heteroatoms. The quantitative estimate of drug-likeness (QED) is 0.795. The highest BCUT2D eigenvalue weighted by Gasteiger charge is 2.08. The van der Waals surface area contributed by atoms with Gasteiger partial charge < -0.3 is 0 Å². The summed E-state index contributed by atoms with van der Waals surface area (Å²) in [5.74, 6) is -0.392. The van der Waals surface area contributed by atoms with Gasteiger partial charge in [-0.1, -0.05) is 22.9 Å². The molecule has 2 rings (SSSR count). The van der Waals surface area contributed by atoms with Gasteiger partial charge in [-0.25, -0.2) is 9.37 Å². The standard InChI is InChI=1S/C11H8ClF2NS/c1-6-11(14)16-10(15-6)4-7-2-8(12)5-9(13)3-7/h2-3,5H,4H2,1H3. The van der Waals surface area contributed by atoms with E-state index in [1.807, 2.05) is 0 Å². The molecular weight excluding hydrogens is 252 g/mol. The molecule has 1 heterocycles. The van der Waals surface area contributed by atoms with Gasteiger partial charge in [0.05, 0.1) is 5.69 Å². The van der Waals surface area contributed by atoms with Crippen molar-refractivity contribution in [3.05, 3.63) is 50.4 Å². The van der Waals surface area contributed by atoms with E-state index in [-0.39, 0.29) is 5.13 Å². The average Bonchev–Trinajstić information content (AvgIpc) is 2.43. The third kappa shape index (κ3) is 2.57. The van der Waals surface area contributed by atoms with Crippen LogP contribution in [0.2, 0.25) is 5.02 Å². The SMILES string of the molecule is Cc1nc(Cc2cc(F)cc(Cl)c2)sc1F. The number of benzene rings is 1. The van der Waals surface area contributed by atoms with E-state index in [0.29, 0.717) is 27.7 Å². The summed E-state index contributed by atoms with van der Waals surface area (Å²) in [5, 5.41) is 0.665. The van der Waals surface area contributed by atoms with E-state index in [0.717, 1.165) is 11.3 Å². The Morgan fingerprint density at radius 2 is 2.06 bits per heavy atom. The van der Waals surface area contributed by atoms with Crippen molar-refractivity contribution in [2.24, 2.45) is 0 Å². The van der Waals surface area contributed by atoms with Gasteiger partial charge in [0.15, 0.2) is 5.13 Å². The number of aryl methyl sites for hydroxylation is 1. The fraction of sp³-hybridized carbons (Fsp3) is 0.182. The minimum absolute atomic E-state index is 0.294. The molecule has 0 aliphatic heterocycles. The lowest BCUT2D eigenvalue weighted by atomic mass is 10.1. The van der Waals surface area contributed by atoms with Crippen molar-refractivity contribution in [2.45, 2.75) is 13.3 Å². The van der Waals surface area contributed by atoms with Gasteiger partial charge in [0.25, 0.3) is 0 Å². The first-order chi connectivity index (χ1) is 7.54. The first-order valence-electron chi connectivity index (χ1n) is 4.61. The highest BCUT2D eigenvalue weighted by atomic mass is 35.5. The predicted molar refractivity (Wildman–Crippen MR) is 61.0 cm³/mol. The molecule has 0 bridgehead atoms. The zero-order valence-corrected chi connectivity index (χ0v) is 10.0. The summed E-state index contributed by atoms with van der Waals surface area (Å²) in [4.78, 5) is 4.04. The van der Waals surface area contributed by atoms with E-state index >= 15 is 0 Å². The highest BCUT2D eigenvalue weighted by Crippen LogP contribution is 2.21. The fourth-order valence-electron chi connectivity index (χ4n) is 1.39. The lowest BCUT2D eigenvalue weighted by molar-refractivity contribution is 0.626. The second kappa shape index (κ2) is 4.47. The third-order valence-electron chi connectivity index (χ3n) is 2.06. The molecule has 0 fully saturated rings. The van der Waals surface area contributed by atoms with Crippen molar-refractivity contribution in [2.75, 3.05) is 0 Å². The molecule has 84 valence electrons. The van der Waals surface area contributed by atoms with E-state index in [1.165, 1.54) is 12.1 Å². The Bertz CT molecular complexity index is 485. The van der Waals surface area contributed by atoms with Crippen LogP contribution in [-0.4, -0.2) is 4.98 Å². The van der Waals surface area contributed by atoms with Crippen LogP contribution in [0.5, 0.6) is 0 Å². The predicted octanol–water partition coefficient (Wildman–Crippen LogP) is 3.97. The van der Waals surface area contributed by atoms with Crippen molar-refractivity contribution in [1.29, 1.82) is 0 Å². The van der Waals surface area contributed by atoms with Gasteiger partial charge in [-0.3, -0.25) is 0 Å². The van der Waals surface area contributed by atoms with Gasteiger partial charge in [0.2, 0.25) is 0 Å². The van der Waals surface area contributed by atoms with Crippen LogP contribution in [0, 0.1) is 17.9 Å². The highest BCUT2D eigenvalue weighted by molar-refractivity contribution is 7.10. The molecule has 0 saturated heterocycles. The van der Waals surface area contributed by atoms with Crippen molar-refractivity contribution in [1.82, 2.24) is 4.98 Å². The maximum Gasteiger partial charge on any atom is 0.199 e. The topological polar surface area (TPSA) is 12.9 Å². The normalized spacial score (nSPS) is 10.8. The summed E-state index contributed by atoms with van der Waals surface area (Å²) in [6, 6.07) is 4.26. The number of rotatable bonds is 2. The molecule has 0 aliphatic rings. The molecule has 2 aromatic rings. The molecule has 0 atom stereocenters. The van der Waals surface area contributed by atoms with Crippen molar-refractivity contribution >= 4 is 22.9 Å². The summed E-state index contributed by atoms with van der Waals surface area (Å²) >= 11 is 6.70. The summed E-state index contributed by atoms with van der Waals surface area (Å²) in [7, 11) is 0. The van der Waals surface area contributed by atoms with E-state index < -0.39 is 5.82 Å². The van der Waals surface area contributed by atoms with Gasteiger partial charge in [-0.2, -0.15) is 4.39 Å². The molecule has 1 aromatic heterocycles. The monoisotopic (exact) mass is 259 g/mol. The van der Waals surface area contributed by atoms with Crippen LogP contribution >= 0.6 is 22.9 Å². The Morgan fingerprint density at radius 1 is 1.31 bits per heavy atom. The van der Waals surface area contributed by atoms with Gasteiger partial charge in [-0.05, 0) is 30.7 Å². The minimum Gasteiger partial charge on any atom is -0.243 e. The Labute approximate surface area is 101 Å². The van der Waals surface area contributed by atoms with Crippen LogP contribution in [0.4, 0.5) is 8.78 Å². The smallest absolute Gasteiger partial charge is 0.199 e. The summed E-state index contributed by atoms with van der Waals surface area (Å²) in [6.45, 7) is 1.61. The average molecular weight is 260 g/mol.